The van der Waals surface area contributed by atoms with Gasteiger partial charge in [0.25, 0.3) is 0 Å². The van der Waals surface area contributed by atoms with E-state index in [0.717, 1.165) is 27.1 Å². The van der Waals surface area contributed by atoms with Gasteiger partial charge in [-0.2, -0.15) is 0 Å². The zero-order valence-electron chi connectivity index (χ0n) is 15.3. The van der Waals surface area contributed by atoms with Crippen LogP contribution in [0.25, 0.3) is 21.6 Å². The summed E-state index contributed by atoms with van der Waals surface area (Å²) in [5, 5.41) is 1.17. The predicted molar refractivity (Wildman–Crippen MR) is 123 cm³/mol. The van der Waals surface area contributed by atoms with Crippen molar-refractivity contribution in [3.8, 4) is 21.6 Å². The van der Waals surface area contributed by atoms with Crippen molar-refractivity contribution in [3.63, 3.8) is 0 Å². The summed E-state index contributed by atoms with van der Waals surface area (Å²) in [6.45, 7) is 2.04. The number of alkyl halides is 1. The van der Waals surface area contributed by atoms with E-state index < -0.39 is 10.9 Å². The number of carbonyl (C=O) groups excluding carboxylic acids is 1. The number of carbonyl (C=O) groups is 1. The Morgan fingerprint density at radius 3 is 2.28 bits per heavy atom. The van der Waals surface area contributed by atoms with E-state index >= 15 is 0 Å². The molecule has 1 heterocycles. The topological polar surface area (TPSA) is 72.5 Å². The van der Waals surface area contributed by atoms with Crippen molar-refractivity contribution in [1.29, 1.82) is 0 Å². The fourth-order valence-corrected chi connectivity index (χ4v) is 5.36. The minimum atomic E-state index is -2.74. The van der Waals surface area contributed by atoms with E-state index in [4.69, 9.17) is 16.3 Å². The van der Waals surface area contributed by atoms with Gasteiger partial charge >= 0.3 is 5.97 Å². The monoisotopic (exact) mass is 513 g/mol. The molecule has 0 spiro atoms. The molecular formula is C20H17BrClNO4S2. The summed E-state index contributed by atoms with van der Waals surface area (Å²) in [5.41, 5.74) is 3.93. The molecule has 0 aliphatic rings. The highest BCUT2D eigenvalue weighted by molar-refractivity contribution is 9.08. The first-order valence-corrected chi connectivity index (χ1v) is 12.1. The number of thiophene rings is 1. The van der Waals surface area contributed by atoms with Crippen LogP contribution in [0.2, 0.25) is 5.02 Å². The molecule has 0 saturated carbocycles. The predicted octanol–water partition coefficient (Wildman–Crippen LogP) is 5.75. The van der Waals surface area contributed by atoms with Crippen LogP contribution in [0.5, 0.6) is 0 Å². The number of hydrogen-bond acceptors (Lipinski definition) is 5. The molecule has 0 aliphatic carbocycles. The van der Waals surface area contributed by atoms with Gasteiger partial charge in [0.05, 0.1) is 6.61 Å². The second kappa shape index (κ2) is 9.75. The van der Waals surface area contributed by atoms with E-state index in [2.05, 4.69) is 20.7 Å². The van der Waals surface area contributed by atoms with Gasteiger partial charge in [0, 0.05) is 26.5 Å². The molecule has 3 rings (SSSR count). The van der Waals surface area contributed by atoms with E-state index in [1.807, 2.05) is 24.3 Å². The van der Waals surface area contributed by atoms with E-state index in [-0.39, 0.29) is 12.6 Å². The van der Waals surface area contributed by atoms with Crippen molar-refractivity contribution in [3.05, 3.63) is 64.0 Å². The third-order valence-corrected chi connectivity index (χ3v) is 6.62. The largest absolute Gasteiger partial charge is 0.462 e. The molecule has 0 atom stereocenters. The van der Waals surface area contributed by atoms with Gasteiger partial charge in [-0.15, -0.1) is 11.3 Å². The summed E-state index contributed by atoms with van der Waals surface area (Å²) < 4.78 is 29.4. The maximum absolute atomic E-state index is 12.7. The van der Waals surface area contributed by atoms with Gasteiger partial charge in [0.1, 0.15) is 4.88 Å². The summed E-state index contributed by atoms with van der Waals surface area (Å²) >= 11 is 10.9. The van der Waals surface area contributed by atoms with Crippen LogP contribution >= 0.6 is 38.9 Å². The van der Waals surface area contributed by atoms with Gasteiger partial charge in [0.2, 0.25) is 10.9 Å². The SMILES string of the molecule is CCOC(=O)c1sc(-c2ccc(Cl)cc2)c(CBr)c1-c1ccc(N[SH](=O)=O)cc1. The molecule has 1 N–H and O–H groups in total. The Bertz CT molecular complexity index is 1080. The molecule has 0 aliphatic heterocycles. The molecule has 0 bridgehead atoms. The Kier molecular flexibility index (Phi) is 7.34. The molecule has 152 valence electrons. The number of ether oxygens (including phenoxy) is 1. The molecule has 9 heteroatoms. The summed E-state index contributed by atoms with van der Waals surface area (Å²) in [5.74, 6) is -0.389. The highest BCUT2D eigenvalue weighted by atomic mass is 79.9. The second-order valence-corrected chi connectivity index (χ2v) is 8.68. The Balaban J connectivity index is 2.17. The van der Waals surface area contributed by atoms with E-state index in [1.165, 1.54) is 11.3 Å². The van der Waals surface area contributed by atoms with Crippen LogP contribution in [0, 0.1) is 0 Å². The average molecular weight is 515 g/mol. The molecular weight excluding hydrogens is 498 g/mol. The molecule has 0 unspecified atom stereocenters. The Hall–Kier alpha value is -1.87. The summed E-state index contributed by atoms with van der Waals surface area (Å²) in [4.78, 5) is 14.1. The van der Waals surface area contributed by atoms with Crippen molar-refractivity contribution in [2.45, 2.75) is 12.3 Å². The lowest BCUT2D eigenvalue weighted by atomic mass is 9.98. The minimum absolute atomic E-state index is 0.273. The number of thiol groups is 1. The van der Waals surface area contributed by atoms with E-state index in [9.17, 15) is 13.2 Å². The van der Waals surface area contributed by atoms with Gasteiger partial charge < -0.3 is 4.74 Å². The molecule has 0 radical (unpaired) electrons. The quantitative estimate of drug-likeness (QED) is 0.239. The van der Waals surface area contributed by atoms with Crippen LogP contribution in [-0.2, 0) is 21.0 Å². The normalized spacial score (nSPS) is 10.9. The number of benzene rings is 2. The lowest BCUT2D eigenvalue weighted by Gasteiger charge is -2.08. The van der Waals surface area contributed by atoms with Gasteiger partial charge in [0.15, 0.2) is 0 Å². The highest BCUT2D eigenvalue weighted by Crippen LogP contribution is 2.44. The van der Waals surface area contributed by atoms with Crippen LogP contribution < -0.4 is 4.72 Å². The summed E-state index contributed by atoms with van der Waals surface area (Å²) in [6, 6.07) is 14.3. The molecule has 0 saturated heterocycles. The second-order valence-electron chi connectivity index (χ2n) is 5.92. The molecule has 3 aromatic rings. The first-order chi connectivity index (χ1) is 13.9. The number of nitrogens with one attached hydrogen (secondary N) is 1. The fourth-order valence-electron chi connectivity index (χ4n) is 2.89. The molecule has 2 aromatic carbocycles. The van der Waals surface area contributed by atoms with Crippen LogP contribution in [0.1, 0.15) is 22.2 Å². The Labute approximate surface area is 187 Å². The fraction of sp³-hybridized carbons (Fsp3) is 0.150. The minimum Gasteiger partial charge on any atom is -0.462 e. The lowest BCUT2D eigenvalue weighted by molar-refractivity contribution is 0.0533. The van der Waals surface area contributed by atoms with Crippen molar-refractivity contribution in [1.82, 2.24) is 0 Å². The molecule has 29 heavy (non-hydrogen) atoms. The van der Waals surface area contributed by atoms with Gasteiger partial charge in [-0.1, -0.05) is 51.8 Å². The number of rotatable bonds is 7. The van der Waals surface area contributed by atoms with Crippen molar-refractivity contribution in [2.24, 2.45) is 0 Å². The van der Waals surface area contributed by atoms with Crippen LogP contribution in [0.3, 0.4) is 0 Å². The molecule has 5 nitrogen and oxygen atoms in total. The van der Waals surface area contributed by atoms with Crippen LogP contribution in [0.4, 0.5) is 5.69 Å². The maximum Gasteiger partial charge on any atom is 0.348 e. The first-order valence-electron chi connectivity index (χ1n) is 8.60. The van der Waals surface area contributed by atoms with E-state index in [0.29, 0.717) is 20.9 Å². The molecule has 1 aromatic heterocycles. The van der Waals surface area contributed by atoms with Crippen LogP contribution in [-0.4, -0.2) is 21.0 Å². The van der Waals surface area contributed by atoms with Gasteiger partial charge in [-0.05, 0) is 47.9 Å². The zero-order chi connectivity index (χ0) is 21.0. The smallest absolute Gasteiger partial charge is 0.348 e. The van der Waals surface area contributed by atoms with Gasteiger partial charge in [-0.3, -0.25) is 4.72 Å². The summed E-state index contributed by atoms with van der Waals surface area (Å²) in [7, 11) is -2.74. The number of hydrogen-bond donors (Lipinski definition) is 2. The van der Waals surface area contributed by atoms with E-state index in [1.54, 1.807) is 31.2 Å². The maximum atomic E-state index is 12.7. The van der Waals surface area contributed by atoms with Gasteiger partial charge in [-0.25, -0.2) is 13.2 Å². The number of esters is 1. The third-order valence-electron chi connectivity index (χ3n) is 4.10. The van der Waals surface area contributed by atoms with Crippen molar-refractivity contribution in [2.75, 3.05) is 11.3 Å². The zero-order valence-corrected chi connectivity index (χ0v) is 19.3. The Morgan fingerprint density at radius 1 is 1.10 bits per heavy atom. The Morgan fingerprint density at radius 2 is 1.72 bits per heavy atom. The van der Waals surface area contributed by atoms with Crippen LogP contribution in [0.15, 0.2) is 48.5 Å². The summed E-state index contributed by atoms with van der Waals surface area (Å²) in [6.07, 6.45) is 0. The molecule has 0 amide bonds. The average Bonchev–Trinajstić information content (AvgIpc) is 3.08. The third kappa shape index (κ3) is 5.01. The molecule has 0 fully saturated rings. The number of anilines is 1. The standard InChI is InChI=1S/C20H17BrClNO4S2/c1-2-27-20(24)19-17(12-5-9-15(10-6-12)23-29(25)26)16(11-21)18(28-19)13-3-7-14(22)8-4-13/h3-10,29H,2,11H2,1H3,(H,23,25,26). The van der Waals surface area contributed by atoms with Crippen molar-refractivity contribution >= 4 is 61.4 Å². The first kappa shape index (κ1) is 21.8. The lowest BCUT2D eigenvalue weighted by Crippen LogP contribution is -2.04. The van der Waals surface area contributed by atoms with Crippen molar-refractivity contribution < 1.29 is 17.9 Å². The number of halogens is 2. The highest BCUT2D eigenvalue weighted by Gasteiger charge is 2.25.